The number of carbonyl (C=O) groups excluding carboxylic acids is 1. The standard InChI is InChI=1S/C17H23N3O3/c18-14(17(23)19-9-5-1-2-8-16(21)22)10-12-11-20-15-7-4-3-6-13(12)15/h3-4,6-7,11,14,20H,1-2,5,8-10,18H2,(H,19,23)(H,21,22)/t14-/m0/s1. The van der Waals surface area contributed by atoms with Crippen LogP contribution in [0, 0.1) is 0 Å². The van der Waals surface area contributed by atoms with E-state index < -0.39 is 12.0 Å². The first-order valence-corrected chi connectivity index (χ1v) is 7.88. The maximum absolute atomic E-state index is 12.0. The molecule has 6 heteroatoms. The number of aromatic amines is 1. The highest BCUT2D eigenvalue weighted by Crippen LogP contribution is 2.18. The van der Waals surface area contributed by atoms with Crippen LogP contribution in [0.25, 0.3) is 10.9 Å². The molecule has 5 N–H and O–H groups in total. The number of para-hydroxylation sites is 1. The van der Waals surface area contributed by atoms with Crippen LogP contribution >= 0.6 is 0 Å². The van der Waals surface area contributed by atoms with Gasteiger partial charge < -0.3 is 21.1 Å². The molecule has 1 aromatic carbocycles. The Hall–Kier alpha value is -2.34. The summed E-state index contributed by atoms with van der Waals surface area (Å²) in [6.07, 6.45) is 4.72. The van der Waals surface area contributed by atoms with Crippen LogP contribution in [0.2, 0.25) is 0 Å². The number of aromatic nitrogens is 1. The minimum absolute atomic E-state index is 0.173. The number of nitrogens with one attached hydrogen (secondary N) is 2. The summed E-state index contributed by atoms with van der Waals surface area (Å²) in [6.45, 7) is 0.528. The third-order valence-corrected chi connectivity index (χ3v) is 3.82. The zero-order chi connectivity index (χ0) is 16.7. The molecule has 0 unspecified atom stereocenters. The van der Waals surface area contributed by atoms with Crippen LogP contribution in [-0.2, 0) is 16.0 Å². The highest BCUT2D eigenvalue weighted by atomic mass is 16.4. The third kappa shape index (κ3) is 5.10. The van der Waals surface area contributed by atoms with Crippen LogP contribution in [0.5, 0.6) is 0 Å². The Kier molecular flexibility index (Phi) is 6.17. The first kappa shape index (κ1) is 17.0. The summed E-state index contributed by atoms with van der Waals surface area (Å²) in [4.78, 5) is 25.6. The number of H-pyrrole nitrogens is 1. The fourth-order valence-corrected chi connectivity index (χ4v) is 2.55. The van der Waals surface area contributed by atoms with Crippen molar-refractivity contribution in [2.24, 2.45) is 5.73 Å². The topological polar surface area (TPSA) is 108 Å². The summed E-state index contributed by atoms with van der Waals surface area (Å²) in [5.41, 5.74) is 8.04. The molecule has 0 spiro atoms. The first-order chi connectivity index (χ1) is 11.1. The zero-order valence-electron chi connectivity index (χ0n) is 13.0. The number of carbonyl (C=O) groups is 2. The second-order valence-corrected chi connectivity index (χ2v) is 5.67. The van der Waals surface area contributed by atoms with Crippen molar-refractivity contribution in [3.63, 3.8) is 0 Å². The molecule has 0 saturated heterocycles. The lowest BCUT2D eigenvalue weighted by molar-refractivity contribution is -0.137. The summed E-state index contributed by atoms with van der Waals surface area (Å²) in [7, 11) is 0. The number of fused-ring (bicyclic) bond motifs is 1. The summed E-state index contributed by atoms with van der Waals surface area (Å²) in [5, 5.41) is 12.4. The molecule has 2 aromatic rings. The summed E-state index contributed by atoms with van der Waals surface area (Å²) < 4.78 is 0. The molecule has 0 bridgehead atoms. The third-order valence-electron chi connectivity index (χ3n) is 3.82. The number of amides is 1. The summed E-state index contributed by atoms with van der Waals surface area (Å²) in [6, 6.07) is 7.32. The molecule has 0 saturated carbocycles. The van der Waals surface area contributed by atoms with Gasteiger partial charge in [-0.25, -0.2) is 0 Å². The molecule has 124 valence electrons. The highest BCUT2D eigenvalue weighted by molar-refractivity contribution is 5.86. The van der Waals surface area contributed by atoms with E-state index in [1.807, 2.05) is 30.5 Å². The fraction of sp³-hybridized carbons (Fsp3) is 0.412. The molecule has 23 heavy (non-hydrogen) atoms. The molecule has 0 aliphatic heterocycles. The number of rotatable bonds is 9. The Morgan fingerprint density at radius 1 is 1.22 bits per heavy atom. The Morgan fingerprint density at radius 2 is 2.00 bits per heavy atom. The van der Waals surface area contributed by atoms with Crippen molar-refractivity contribution < 1.29 is 14.7 Å². The molecule has 0 fully saturated rings. The molecule has 0 aliphatic rings. The number of carboxylic acid groups (broad SMARTS) is 1. The molecule has 1 amide bonds. The van der Waals surface area contributed by atoms with Gasteiger partial charge in [-0.15, -0.1) is 0 Å². The van der Waals surface area contributed by atoms with E-state index in [1.54, 1.807) is 0 Å². The smallest absolute Gasteiger partial charge is 0.303 e. The van der Waals surface area contributed by atoms with Crippen LogP contribution in [0.3, 0.4) is 0 Å². The molecule has 2 rings (SSSR count). The lowest BCUT2D eigenvalue weighted by atomic mass is 10.1. The molecule has 0 radical (unpaired) electrons. The van der Waals surface area contributed by atoms with Crippen molar-refractivity contribution >= 4 is 22.8 Å². The molecule has 6 nitrogen and oxygen atoms in total. The van der Waals surface area contributed by atoms with Crippen molar-refractivity contribution in [3.8, 4) is 0 Å². The van der Waals surface area contributed by atoms with E-state index in [9.17, 15) is 9.59 Å². The first-order valence-electron chi connectivity index (χ1n) is 7.88. The summed E-state index contributed by atoms with van der Waals surface area (Å²) >= 11 is 0. The Bertz CT molecular complexity index is 666. The van der Waals surface area contributed by atoms with Crippen molar-refractivity contribution in [1.29, 1.82) is 0 Å². The van der Waals surface area contributed by atoms with E-state index in [-0.39, 0.29) is 12.3 Å². The van der Waals surface area contributed by atoms with Gasteiger partial charge in [-0.1, -0.05) is 24.6 Å². The quantitative estimate of drug-likeness (QED) is 0.529. The van der Waals surface area contributed by atoms with Crippen LogP contribution < -0.4 is 11.1 Å². The van der Waals surface area contributed by atoms with Gasteiger partial charge in [0, 0.05) is 30.1 Å². The van der Waals surface area contributed by atoms with Gasteiger partial charge in [-0.05, 0) is 30.9 Å². The van der Waals surface area contributed by atoms with Crippen LogP contribution in [-0.4, -0.2) is 34.6 Å². The number of carboxylic acids is 1. The number of aliphatic carboxylic acids is 1. The van der Waals surface area contributed by atoms with Gasteiger partial charge in [0.25, 0.3) is 0 Å². The molecule has 0 aliphatic carbocycles. The van der Waals surface area contributed by atoms with Crippen molar-refractivity contribution in [2.45, 2.75) is 38.1 Å². The van der Waals surface area contributed by atoms with E-state index in [2.05, 4.69) is 10.3 Å². The highest BCUT2D eigenvalue weighted by Gasteiger charge is 2.15. The molecular weight excluding hydrogens is 294 g/mol. The van der Waals surface area contributed by atoms with Gasteiger partial charge in [0.15, 0.2) is 0 Å². The van der Waals surface area contributed by atoms with Gasteiger partial charge in [0.1, 0.15) is 0 Å². The number of nitrogens with two attached hydrogens (primary N) is 1. The molecule has 1 atom stereocenters. The average molecular weight is 317 g/mol. The van der Waals surface area contributed by atoms with Crippen molar-refractivity contribution in [1.82, 2.24) is 10.3 Å². The van der Waals surface area contributed by atoms with Gasteiger partial charge >= 0.3 is 5.97 Å². The number of hydrogen-bond donors (Lipinski definition) is 4. The SMILES string of the molecule is N[C@@H](Cc1c[nH]c2ccccc12)C(=O)NCCCCCC(=O)O. The minimum Gasteiger partial charge on any atom is -0.481 e. The monoisotopic (exact) mass is 317 g/mol. The van der Waals surface area contributed by atoms with E-state index in [0.717, 1.165) is 29.3 Å². The normalized spacial score (nSPS) is 12.2. The maximum Gasteiger partial charge on any atom is 0.303 e. The van der Waals surface area contributed by atoms with Gasteiger partial charge in [-0.3, -0.25) is 9.59 Å². The maximum atomic E-state index is 12.0. The largest absolute Gasteiger partial charge is 0.481 e. The van der Waals surface area contributed by atoms with Gasteiger partial charge in [-0.2, -0.15) is 0 Å². The van der Waals surface area contributed by atoms with Crippen LogP contribution in [0.4, 0.5) is 0 Å². The van der Waals surface area contributed by atoms with Gasteiger partial charge in [0.05, 0.1) is 6.04 Å². The Labute approximate surface area is 135 Å². The average Bonchev–Trinajstić information content (AvgIpc) is 2.93. The van der Waals surface area contributed by atoms with Crippen LogP contribution in [0.15, 0.2) is 30.5 Å². The minimum atomic E-state index is -0.783. The summed E-state index contributed by atoms with van der Waals surface area (Å²) in [5.74, 6) is -0.955. The second kappa shape index (κ2) is 8.33. The van der Waals surface area contributed by atoms with Gasteiger partial charge in [0.2, 0.25) is 5.91 Å². The van der Waals surface area contributed by atoms with Crippen molar-refractivity contribution in [2.75, 3.05) is 6.54 Å². The zero-order valence-corrected chi connectivity index (χ0v) is 13.0. The predicted molar refractivity (Wildman–Crippen MR) is 89.1 cm³/mol. The van der Waals surface area contributed by atoms with Crippen molar-refractivity contribution in [3.05, 3.63) is 36.0 Å². The van der Waals surface area contributed by atoms with E-state index in [1.165, 1.54) is 0 Å². The molecule has 1 heterocycles. The lowest BCUT2D eigenvalue weighted by Gasteiger charge is -2.11. The molecular formula is C17H23N3O3. The lowest BCUT2D eigenvalue weighted by Crippen LogP contribution is -2.42. The van der Waals surface area contributed by atoms with E-state index >= 15 is 0 Å². The van der Waals surface area contributed by atoms with E-state index in [4.69, 9.17) is 10.8 Å². The Balaban J connectivity index is 1.74. The number of unbranched alkanes of at least 4 members (excludes halogenated alkanes) is 2. The predicted octanol–water partition coefficient (Wildman–Crippen LogP) is 1.80. The van der Waals surface area contributed by atoms with E-state index in [0.29, 0.717) is 19.4 Å². The molecule has 1 aromatic heterocycles. The fourth-order valence-electron chi connectivity index (χ4n) is 2.55. The number of benzene rings is 1. The second-order valence-electron chi connectivity index (χ2n) is 5.67. The Morgan fingerprint density at radius 3 is 2.78 bits per heavy atom. The van der Waals surface area contributed by atoms with Crippen LogP contribution in [0.1, 0.15) is 31.2 Å². The number of hydrogen-bond acceptors (Lipinski definition) is 3.